The first-order chi connectivity index (χ1) is 13.2. The van der Waals surface area contributed by atoms with Crippen molar-refractivity contribution < 1.29 is 9.84 Å². The van der Waals surface area contributed by atoms with Gasteiger partial charge in [0.05, 0.1) is 0 Å². The molecule has 4 heteroatoms. The van der Waals surface area contributed by atoms with Crippen LogP contribution in [0.1, 0.15) is 11.1 Å². The number of ether oxygens (including phenoxy) is 1. The van der Waals surface area contributed by atoms with Gasteiger partial charge < -0.3 is 14.7 Å². The second-order valence-corrected chi connectivity index (χ2v) is 7.19. The highest BCUT2D eigenvalue weighted by Gasteiger charge is 2.19. The zero-order valence-electron chi connectivity index (χ0n) is 16.2. The fourth-order valence-electron chi connectivity index (χ4n) is 3.53. The van der Waals surface area contributed by atoms with Crippen LogP contribution in [-0.2, 0) is 6.42 Å². The van der Waals surface area contributed by atoms with E-state index in [1.54, 1.807) is 0 Å². The van der Waals surface area contributed by atoms with Crippen LogP contribution in [0.2, 0.25) is 0 Å². The van der Waals surface area contributed by atoms with Crippen LogP contribution in [0, 0.1) is 6.92 Å². The molecule has 144 valence electrons. The average molecular weight is 367 g/mol. The molecule has 1 aliphatic heterocycles. The van der Waals surface area contributed by atoms with Crippen LogP contribution in [0.5, 0.6) is 5.75 Å². The molecule has 0 bridgehead atoms. The summed E-state index contributed by atoms with van der Waals surface area (Å²) in [4.78, 5) is 4.71. The standard InChI is InChI=1S/C23H30N2O2/c1-3-7-20-16-19(2)10-11-23(20)27-18-22(26)17-24-12-14-25(15-13-24)21-8-5-4-6-9-21/h3-6,8-11,16,22,26H,1,7,12-15,17-18H2,2H3/t22-/m1/s1. The molecular formula is C23H30N2O2. The number of hydrogen-bond acceptors (Lipinski definition) is 4. The van der Waals surface area contributed by atoms with E-state index in [1.807, 2.05) is 24.3 Å². The normalized spacial score (nSPS) is 16.1. The van der Waals surface area contributed by atoms with Gasteiger partial charge in [0.1, 0.15) is 18.5 Å². The van der Waals surface area contributed by atoms with Crippen LogP contribution >= 0.6 is 0 Å². The van der Waals surface area contributed by atoms with Crippen molar-refractivity contribution in [2.75, 3.05) is 44.2 Å². The van der Waals surface area contributed by atoms with Gasteiger partial charge in [0.15, 0.2) is 0 Å². The molecule has 2 aromatic carbocycles. The third-order valence-electron chi connectivity index (χ3n) is 4.97. The van der Waals surface area contributed by atoms with E-state index in [2.05, 4.69) is 53.6 Å². The number of aliphatic hydroxyl groups excluding tert-OH is 1. The molecule has 0 aliphatic carbocycles. The molecule has 4 nitrogen and oxygen atoms in total. The molecule has 0 saturated carbocycles. The number of rotatable bonds is 8. The minimum atomic E-state index is -0.494. The molecule has 1 heterocycles. The molecular weight excluding hydrogens is 336 g/mol. The maximum atomic E-state index is 10.4. The van der Waals surface area contributed by atoms with Crippen LogP contribution < -0.4 is 9.64 Å². The minimum Gasteiger partial charge on any atom is -0.491 e. The summed E-state index contributed by atoms with van der Waals surface area (Å²) in [7, 11) is 0. The van der Waals surface area contributed by atoms with Crippen molar-refractivity contribution in [2.24, 2.45) is 0 Å². The van der Waals surface area contributed by atoms with Gasteiger partial charge in [0, 0.05) is 38.4 Å². The predicted molar refractivity (Wildman–Crippen MR) is 112 cm³/mol. The zero-order valence-corrected chi connectivity index (χ0v) is 16.2. The summed E-state index contributed by atoms with van der Waals surface area (Å²) in [5, 5.41) is 10.4. The molecule has 0 radical (unpaired) electrons. The van der Waals surface area contributed by atoms with E-state index in [4.69, 9.17) is 4.74 Å². The number of piperazine rings is 1. The Morgan fingerprint density at radius 3 is 2.56 bits per heavy atom. The first-order valence-electron chi connectivity index (χ1n) is 9.69. The van der Waals surface area contributed by atoms with Gasteiger partial charge in [-0.2, -0.15) is 0 Å². The van der Waals surface area contributed by atoms with Crippen molar-refractivity contribution >= 4 is 5.69 Å². The van der Waals surface area contributed by atoms with E-state index in [1.165, 1.54) is 11.3 Å². The topological polar surface area (TPSA) is 35.9 Å². The molecule has 1 fully saturated rings. The highest BCUT2D eigenvalue weighted by Crippen LogP contribution is 2.21. The Morgan fingerprint density at radius 2 is 1.85 bits per heavy atom. The van der Waals surface area contributed by atoms with Gasteiger partial charge >= 0.3 is 0 Å². The molecule has 0 spiro atoms. The number of hydrogen-bond donors (Lipinski definition) is 1. The Bertz CT molecular complexity index is 724. The van der Waals surface area contributed by atoms with Gasteiger partial charge in [-0.3, -0.25) is 4.90 Å². The van der Waals surface area contributed by atoms with Crippen molar-refractivity contribution in [3.05, 3.63) is 72.3 Å². The van der Waals surface area contributed by atoms with Crippen LogP contribution in [-0.4, -0.2) is 55.4 Å². The van der Waals surface area contributed by atoms with Gasteiger partial charge in [-0.05, 0) is 37.1 Å². The van der Waals surface area contributed by atoms with Crippen molar-refractivity contribution in [1.82, 2.24) is 4.90 Å². The minimum absolute atomic E-state index is 0.312. The van der Waals surface area contributed by atoms with E-state index >= 15 is 0 Å². The first-order valence-corrected chi connectivity index (χ1v) is 9.69. The Hall–Kier alpha value is -2.30. The van der Waals surface area contributed by atoms with Crippen molar-refractivity contribution in [2.45, 2.75) is 19.4 Å². The SMILES string of the molecule is C=CCc1cc(C)ccc1OC[C@H](O)CN1CCN(c2ccccc2)CC1. The molecule has 1 saturated heterocycles. The number of aryl methyl sites for hydroxylation is 1. The molecule has 2 aromatic rings. The lowest BCUT2D eigenvalue weighted by Gasteiger charge is -2.36. The number of benzene rings is 2. The first kappa shape index (κ1) is 19.5. The van der Waals surface area contributed by atoms with Gasteiger partial charge in [-0.1, -0.05) is 42.0 Å². The maximum Gasteiger partial charge on any atom is 0.122 e. The number of anilines is 1. The van der Waals surface area contributed by atoms with Crippen LogP contribution in [0.25, 0.3) is 0 Å². The van der Waals surface area contributed by atoms with Crippen molar-refractivity contribution in [3.8, 4) is 5.75 Å². The van der Waals surface area contributed by atoms with Gasteiger partial charge in [-0.15, -0.1) is 6.58 Å². The summed E-state index contributed by atoms with van der Waals surface area (Å²) in [6.45, 7) is 10.7. The fraction of sp³-hybridized carbons (Fsp3) is 0.391. The zero-order chi connectivity index (χ0) is 19.1. The number of para-hydroxylation sites is 1. The lowest BCUT2D eigenvalue weighted by atomic mass is 10.1. The lowest BCUT2D eigenvalue weighted by Crippen LogP contribution is -2.49. The summed E-state index contributed by atoms with van der Waals surface area (Å²) in [6, 6.07) is 16.7. The Kier molecular flexibility index (Phi) is 6.91. The highest BCUT2D eigenvalue weighted by atomic mass is 16.5. The molecule has 0 amide bonds. The van der Waals surface area contributed by atoms with E-state index in [0.717, 1.165) is 43.9 Å². The van der Waals surface area contributed by atoms with E-state index < -0.39 is 6.10 Å². The highest BCUT2D eigenvalue weighted by molar-refractivity contribution is 5.46. The molecule has 27 heavy (non-hydrogen) atoms. The third-order valence-corrected chi connectivity index (χ3v) is 4.97. The predicted octanol–water partition coefficient (Wildman–Crippen LogP) is 3.29. The fourth-order valence-corrected chi connectivity index (χ4v) is 3.53. The summed E-state index contributed by atoms with van der Waals surface area (Å²) in [6.07, 6.45) is 2.16. The number of aliphatic hydroxyl groups is 1. The second-order valence-electron chi connectivity index (χ2n) is 7.19. The Balaban J connectivity index is 1.45. The molecule has 1 aliphatic rings. The summed E-state index contributed by atoms with van der Waals surface area (Å²) >= 11 is 0. The third kappa shape index (κ3) is 5.59. The van der Waals surface area contributed by atoms with Crippen molar-refractivity contribution in [3.63, 3.8) is 0 Å². The lowest BCUT2D eigenvalue weighted by molar-refractivity contribution is 0.0660. The quantitative estimate of drug-likeness (QED) is 0.728. The van der Waals surface area contributed by atoms with Gasteiger partial charge in [-0.25, -0.2) is 0 Å². The molecule has 3 rings (SSSR count). The van der Waals surface area contributed by atoms with Crippen molar-refractivity contribution in [1.29, 1.82) is 0 Å². The summed E-state index contributed by atoms with van der Waals surface area (Å²) in [5.74, 6) is 0.841. The van der Waals surface area contributed by atoms with Gasteiger partial charge in [0.25, 0.3) is 0 Å². The van der Waals surface area contributed by atoms with E-state index in [0.29, 0.717) is 13.2 Å². The largest absolute Gasteiger partial charge is 0.491 e. The number of nitrogens with zero attached hydrogens (tertiary/aromatic N) is 2. The second kappa shape index (κ2) is 9.58. The molecule has 0 unspecified atom stereocenters. The number of β-amino-alcohol motifs (C(OH)–C–C–N with tert-alkyl or cyclic N) is 1. The number of allylic oxidation sites excluding steroid dienone is 1. The Labute approximate surface area is 162 Å². The van der Waals surface area contributed by atoms with Crippen LogP contribution in [0.4, 0.5) is 5.69 Å². The Morgan fingerprint density at radius 1 is 1.11 bits per heavy atom. The van der Waals surface area contributed by atoms with E-state index in [9.17, 15) is 5.11 Å². The molecule has 1 atom stereocenters. The molecule has 0 aromatic heterocycles. The maximum absolute atomic E-state index is 10.4. The summed E-state index contributed by atoms with van der Waals surface area (Å²) in [5.41, 5.74) is 3.60. The average Bonchev–Trinajstić information content (AvgIpc) is 2.69. The monoisotopic (exact) mass is 366 g/mol. The molecule has 1 N–H and O–H groups in total. The van der Waals surface area contributed by atoms with Crippen LogP contribution in [0.3, 0.4) is 0 Å². The van der Waals surface area contributed by atoms with Gasteiger partial charge in [0.2, 0.25) is 0 Å². The smallest absolute Gasteiger partial charge is 0.122 e. The summed E-state index contributed by atoms with van der Waals surface area (Å²) < 4.78 is 5.90. The van der Waals surface area contributed by atoms with Crippen LogP contribution in [0.15, 0.2) is 61.2 Å². The van der Waals surface area contributed by atoms with E-state index in [-0.39, 0.29) is 0 Å².